The normalized spacial score (nSPS) is 7.62. The minimum Gasteiger partial charge on any atom is -0.343 e. The molecule has 0 aliphatic heterocycles. The summed E-state index contributed by atoms with van der Waals surface area (Å²) in [6, 6.07) is 0. The standard InChI is InChI=1S/C5H5ClO2/c1-3-4(2)5(7)8-6/h3H,1-2H2. The molecule has 0 aromatic rings. The van der Waals surface area contributed by atoms with Gasteiger partial charge in [-0.15, -0.1) is 0 Å². The number of halogens is 1. The second kappa shape index (κ2) is 3.27. The topological polar surface area (TPSA) is 26.3 Å². The lowest BCUT2D eigenvalue weighted by molar-refractivity contribution is -0.129. The van der Waals surface area contributed by atoms with Gasteiger partial charge in [-0.2, -0.15) is 0 Å². The molecule has 0 aliphatic rings. The van der Waals surface area contributed by atoms with E-state index in [0.29, 0.717) is 0 Å². The molecule has 44 valence electrons. The van der Waals surface area contributed by atoms with Gasteiger partial charge in [0.25, 0.3) is 0 Å². The molecule has 8 heavy (non-hydrogen) atoms. The fraction of sp³-hybridized carbons (Fsp3) is 0. The molecule has 0 atom stereocenters. The summed E-state index contributed by atoms with van der Waals surface area (Å²) >= 11 is 4.67. The maximum absolute atomic E-state index is 10.2. The lowest BCUT2D eigenvalue weighted by atomic mass is 10.3. The largest absolute Gasteiger partial charge is 0.355 e. The third-order valence-electron chi connectivity index (χ3n) is 0.579. The molecule has 0 aromatic heterocycles. The molecule has 0 N–H and O–H groups in total. The third kappa shape index (κ3) is 1.80. The number of hydrogen-bond donors (Lipinski definition) is 0. The number of carbonyl (C=O) groups is 1. The van der Waals surface area contributed by atoms with E-state index in [9.17, 15) is 4.79 Å². The zero-order valence-corrected chi connectivity index (χ0v) is 4.94. The van der Waals surface area contributed by atoms with Crippen LogP contribution in [0.2, 0.25) is 0 Å². The zero-order valence-electron chi connectivity index (χ0n) is 4.19. The molecule has 0 aromatic carbocycles. The molecule has 0 aliphatic carbocycles. The third-order valence-corrected chi connectivity index (χ3v) is 0.719. The van der Waals surface area contributed by atoms with Crippen LogP contribution < -0.4 is 0 Å². The summed E-state index contributed by atoms with van der Waals surface area (Å²) in [7, 11) is 0. The minimum atomic E-state index is -0.665. The molecule has 0 radical (unpaired) electrons. The molecule has 0 heterocycles. The summed E-state index contributed by atoms with van der Waals surface area (Å²) in [6.07, 6.45) is 1.27. The van der Waals surface area contributed by atoms with Gasteiger partial charge in [0.15, 0.2) is 0 Å². The van der Waals surface area contributed by atoms with Gasteiger partial charge in [-0.3, -0.25) is 0 Å². The van der Waals surface area contributed by atoms with Gasteiger partial charge in [0, 0.05) is 0 Å². The first-order valence-corrected chi connectivity index (χ1v) is 2.17. The second-order valence-corrected chi connectivity index (χ2v) is 1.25. The first-order valence-electron chi connectivity index (χ1n) is 1.86. The Hall–Kier alpha value is -0.760. The van der Waals surface area contributed by atoms with E-state index in [0.717, 1.165) is 0 Å². The summed E-state index contributed by atoms with van der Waals surface area (Å²) in [4.78, 5) is 10.2. The highest BCUT2D eigenvalue weighted by Crippen LogP contribution is 1.95. The van der Waals surface area contributed by atoms with Crippen molar-refractivity contribution in [3.8, 4) is 0 Å². The van der Waals surface area contributed by atoms with E-state index in [4.69, 9.17) is 0 Å². The Morgan fingerprint density at radius 3 is 2.38 bits per heavy atom. The molecule has 0 saturated carbocycles. The van der Waals surface area contributed by atoms with Gasteiger partial charge in [-0.05, 0) is 0 Å². The van der Waals surface area contributed by atoms with Crippen molar-refractivity contribution in [2.75, 3.05) is 0 Å². The van der Waals surface area contributed by atoms with Crippen molar-refractivity contribution in [3.05, 3.63) is 24.8 Å². The van der Waals surface area contributed by atoms with Crippen LogP contribution in [0.1, 0.15) is 0 Å². The van der Waals surface area contributed by atoms with Crippen LogP contribution in [0.5, 0.6) is 0 Å². The average molecular weight is 133 g/mol. The molecular weight excluding hydrogens is 128 g/mol. The minimum absolute atomic E-state index is 0.153. The molecule has 3 heteroatoms. The Labute approximate surface area is 52.6 Å². The maximum atomic E-state index is 10.2. The summed E-state index contributed by atoms with van der Waals surface area (Å²) < 4.78 is 3.77. The lowest BCUT2D eigenvalue weighted by Crippen LogP contribution is -1.96. The smallest absolute Gasteiger partial charge is 0.343 e. The van der Waals surface area contributed by atoms with Crippen LogP contribution >= 0.6 is 11.9 Å². The van der Waals surface area contributed by atoms with Gasteiger partial charge >= 0.3 is 5.97 Å². The van der Waals surface area contributed by atoms with E-state index in [1.807, 2.05) is 0 Å². The average Bonchev–Trinajstić information content (AvgIpc) is 1.84. The fourth-order valence-electron chi connectivity index (χ4n) is 0.133. The van der Waals surface area contributed by atoms with Crippen molar-refractivity contribution in [2.45, 2.75) is 0 Å². The molecule has 0 amide bonds. The summed E-state index contributed by atoms with van der Waals surface area (Å²) in [5, 5.41) is 0. The van der Waals surface area contributed by atoms with Gasteiger partial charge in [0.1, 0.15) is 11.9 Å². The second-order valence-electron chi connectivity index (χ2n) is 1.09. The monoisotopic (exact) mass is 132 g/mol. The summed E-state index contributed by atoms with van der Waals surface area (Å²) in [6.45, 7) is 6.54. The Morgan fingerprint density at radius 1 is 1.75 bits per heavy atom. The highest BCUT2D eigenvalue weighted by atomic mass is 35.5. The van der Waals surface area contributed by atoms with Crippen molar-refractivity contribution >= 4 is 17.8 Å². The number of carbonyl (C=O) groups excluding carboxylic acids is 1. The SMILES string of the molecule is C=CC(=C)C(=O)OCl. The van der Waals surface area contributed by atoms with Gasteiger partial charge in [-0.25, -0.2) is 4.79 Å². The van der Waals surface area contributed by atoms with Gasteiger partial charge in [0.05, 0.1) is 5.57 Å². The molecule has 0 spiro atoms. The zero-order chi connectivity index (χ0) is 6.57. The van der Waals surface area contributed by atoms with Crippen LogP contribution in [0, 0.1) is 0 Å². The van der Waals surface area contributed by atoms with Crippen LogP contribution in [0.25, 0.3) is 0 Å². The maximum Gasteiger partial charge on any atom is 0.355 e. The van der Waals surface area contributed by atoms with Crippen LogP contribution in [0.15, 0.2) is 24.8 Å². The van der Waals surface area contributed by atoms with Crippen molar-refractivity contribution in [1.82, 2.24) is 0 Å². The summed E-state index contributed by atoms with van der Waals surface area (Å²) in [5.41, 5.74) is 0.153. The van der Waals surface area contributed by atoms with Gasteiger partial charge in [0.2, 0.25) is 0 Å². The molecule has 2 nitrogen and oxygen atoms in total. The predicted molar refractivity (Wildman–Crippen MR) is 31.3 cm³/mol. The van der Waals surface area contributed by atoms with E-state index < -0.39 is 5.97 Å². The van der Waals surface area contributed by atoms with Crippen molar-refractivity contribution in [2.24, 2.45) is 0 Å². The van der Waals surface area contributed by atoms with Crippen LogP contribution in [-0.4, -0.2) is 5.97 Å². The van der Waals surface area contributed by atoms with Crippen molar-refractivity contribution in [3.63, 3.8) is 0 Å². The molecule has 0 rings (SSSR count). The molecule has 0 fully saturated rings. The van der Waals surface area contributed by atoms with E-state index in [1.165, 1.54) is 6.08 Å². The first kappa shape index (κ1) is 7.24. The van der Waals surface area contributed by atoms with Crippen LogP contribution in [0.4, 0.5) is 0 Å². The summed E-state index contributed by atoms with van der Waals surface area (Å²) in [5.74, 6) is -0.665. The molecule has 0 bridgehead atoms. The fourth-order valence-corrected chi connectivity index (χ4v) is 0.232. The molecule has 0 saturated heterocycles. The Balaban J connectivity index is 3.82. The van der Waals surface area contributed by atoms with Gasteiger partial charge in [-0.1, -0.05) is 19.2 Å². The Morgan fingerprint density at radius 2 is 2.25 bits per heavy atom. The van der Waals surface area contributed by atoms with E-state index in [2.05, 4.69) is 29.3 Å². The van der Waals surface area contributed by atoms with E-state index >= 15 is 0 Å². The quantitative estimate of drug-likeness (QED) is 0.420. The predicted octanol–water partition coefficient (Wildman–Crippen LogP) is 1.43. The highest BCUT2D eigenvalue weighted by Gasteiger charge is 2.00. The van der Waals surface area contributed by atoms with Crippen LogP contribution in [0.3, 0.4) is 0 Å². The Bertz CT molecular complexity index is 128. The number of hydrogen-bond acceptors (Lipinski definition) is 2. The number of rotatable bonds is 2. The van der Waals surface area contributed by atoms with Crippen LogP contribution in [-0.2, 0) is 9.08 Å². The molecule has 0 unspecified atom stereocenters. The lowest BCUT2D eigenvalue weighted by Gasteiger charge is -1.89. The van der Waals surface area contributed by atoms with Crippen molar-refractivity contribution < 1.29 is 9.08 Å². The molecular formula is C5H5ClO2. The van der Waals surface area contributed by atoms with E-state index in [1.54, 1.807) is 0 Å². The van der Waals surface area contributed by atoms with E-state index in [-0.39, 0.29) is 5.57 Å². The van der Waals surface area contributed by atoms with Crippen molar-refractivity contribution in [1.29, 1.82) is 0 Å². The van der Waals surface area contributed by atoms with Gasteiger partial charge < -0.3 is 4.29 Å². The highest BCUT2D eigenvalue weighted by molar-refractivity contribution is 6.16. The Kier molecular flexibility index (Phi) is 2.96. The first-order chi connectivity index (χ1) is 3.72.